The molecule has 7 heteroatoms. The monoisotopic (exact) mass is 371 g/mol. The van der Waals surface area contributed by atoms with E-state index < -0.39 is 17.2 Å². The molecule has 2 aliphatic heterocycles. The first-order chi connectivity index (χ1) is 13.0. The van der Waals surface area contributed by atoms with Crippen LogP contribution < -0.4 is 16.1 Å². The summed E-state index contributed by atoms with van der Waals surface area (Å²) in [6.45, 7) is 0.759. The molecule has 27 heavy (non-hydrogen) atoms. The zero-order valence-electron chi connectivity index (χ0n) is 14.9. The first-order valence-corrected chi connectivity index (χ1v) is 9.63. The van der Waals surface area contributed by atoms with Crippen LogP contribution in [0.3, 0.4) is 0 Å². The molecule has 6 nitrogen and oxygen atoms in total. The predicted octanol–water partition coefficient (Wildman–Crippen LogP) is 2.42. The van der Waals surface area contributed by atoms with Gasteiger partial charge in [0.25, 0.3) is 0 Å². The number of fused-ring (bicyclic) bond motifs is 5. The number of carboxylic acids is 1. The SMILES string of the molecule is NC1CCCN2c3c(F)cc4c(=O)c(C(=O)O)cn(C5CC5)c4c3CCC12. The Balaban J connectivity index is 1.82. The molecule has 2 fully saturated rings. The fourth-order valence-electron chi connectivity index (χ4n) is 4.92. The maximum Gasteiger partial charge on any atom is 0.341 e. The van der Waals surface area contributed by atoms with Gasteiger partial charge in [0.05, 0.1) is 11.2 Å². The maximum absolute atomic E-state index is 15.2. The number of aromatic nitrogens is 1. The molecule has 3 N–H and O–H groups in total. The number of rotatable bonds is 2. The molecule has 3 aliphatic rings. The summed E-state index contributed by atoms with van der Waals surface area (Å²) >= 11 is 0. The minimum atomic E-state index is -1.27. The van der Waals surface area contributed by atoms with Crippen molar-refractivity contribution in [2.75, 3.05) is 11.4 Å². The van der Waals surface area contributed by atoms with Crippen LogP contribution in [0.15, 0.2) is 17.1 Å². The van der Waals surface area contributed by atoms with E-state index in [1.807, 2.05) is 4.57 Å². The molecule has 0 amide bonds. The normalized spacial score (nSPS) is 24.6. The molecule has 5 rings (SSSR count). The van der Waals surface area contributed by atoms with Crippen LogP contribution >= 0.6 is 0 Å². The van der Waals surface area contributed by atoms with Gasteiger partial charge in [-0.3, -0.25) is 4.79 Å². The third kappa shape index (κ3) is 2.41. The van der Waals surface area contributed by atoms with E-state index in [9.17, 15) is 14.7 Å². The largest absolute Gasteiger partial charge is 0.477 e. The highest BCUT2D eigenvalue weighted by atomic mass is 19.1. The number of anilines is 1. The molecule has 1 aliphatic carbocycles. The minimum absolute atomic E-state index is 0.0296. The lowest BCUT2D eigenvalue weighted by Gasteiger charge is -2.45. The second-order valence-electron chi connectivity index (χ2n) is 8.00. The molecule has 2 atom stereocenters. The number of hydrogen-bond acceptors (Lipinski definition) is 4. The number of nitrogens with two attached hydrogens (primary N) is 1. The van der Waals surface area contributed by atoms with Crippen molar-refractivity contribution in [1.82, 2.24) is 4.57 Å². The van der Waals surface area contributed by atoms with E-state index in [1.54, 1.807) is 0 Å². The van der Waals surface area contributed by atoms with Crippen LogP contribution in [0.1, 0.15) is 54.1 Å². The third-order valence-electron chi connectivity index (χ3n) is 6.32. The Morgan fingerprint density at radius 3 is 2.74 bits per heavy atom. The van der Waals surface area contributed by atoms with Gasteiger partial charge in [0, 0.05) is 41.8 Å². The van der Waals surface area contributed by atoms with E-state index in [1.165, 1.54) is 12.3 Å². The molecule has 1 aromatic heterocycles. The molecule has 2 unspecified atom stereocenters. The highest BCUT2D eigenvalue weighted by Gasteiger charge is 2.38. The minimum Gasteiger partial charge on any atom is -0.477 e. The van der Waals surface area contributed by atoms with Gasteiger partial charge < -0.3 is 20.3 Å². The Bertz CT molecular complexity index is 1030. The summed E-state index contributed by atoms with van der Waals surface area (Å²) in [5.74, 6) is -1.71. The van der Waals surface area contributed by atoms with Gasteiger partial charge in [0.2, 0.25) is 5.43 Å². The van der Waals surface area contributed by atoms with Crippen molar-refractivity contribution in [2.45, 2.75) is 56.7 Å². The van der Waals surface area contributed by atoms with Crippen LogP contribution in [0.2, 0.25) is 0 Å². The van der Waals surface area contributed by atoms with E-state index >= 15 is 4.39 Å². The van der Waals surface area contributed by atoms with E-state index in [-0.39, 0.29) is 29.1 Å². The molecule has 1 aromatic carbocycles. The summed E-state index contributed by atoms with van der Waals surface area (Å²) in [4.78, 5) is 26.4. The van der Waals surface area contributed by atoms with Crippen LogP contribution in [0.5, 0.6) is 0 Å². The first-order valence-electron chi connectivity index (χ1n) is 9.63. The summed E-state index contributed by atoms with van der Waals surface area (Å²) < 4.78 is 17.1. The van der Waals surface area contributed by atoms with Gasteiger partial charge >= 0.3 is 5.97 Å². The fraction of sp³-hybridized carbons (Fsp3) is 0.500. The van der Waals surface area contributed by atoms with E-state index in [0.717, 1.165) is 44.2 Å². The van der Waals surface area contributed by atoms with Gasteiger partial charge in [-0.15, -0.1) is 0 Å². The number of benzene rings is 1. The second kappa shape index (κ2) is 5.79. The average molecular weight is 371 g/mol. The van der Waals surface area contributed by atoms with Gasteiger partial charge in [0.1, 0.15) is 11.4 Å². The lowest BCUT2D eigenvalue weighted by molar-refractivity contribution is 0.0695. The van der Waals surface area contributed by atoms with Gasteiger partial charge in [-0.1, -0.05) is 0 Å². The number of aromatic carboxylic acids is 1. The second-order valence-corrected chi connectivity index (χ2v) is 8.00. The zero-order valence-corrected chi connectivity index (χ0v) is 14.9. The van der Waals surface area contributed by atoms with E-state index in [2.05, 4.69) is 4.90 Å². The van der Waals surface area contributed by atoms with Crippen molar-refractivity contribution in [2.24, 2.45) is 5.73 Å². The molecule has 0 bridgehead atoms. The summed E-state index contributed by atoms with van der Waals surface area (Å²) in [6.07, 6.45) is 6.68. The highest BCUT2D eigenvalue weighted by molar-refractivity contribution is 5.95. The lowest BCUT2D eigenvalue weighted by Crippen LogP contribution is -2.54. The number of piperidine rings is 1. The Morgan fingerprint density at radius 2 is 2.04 bits per heavy atom. The van der Waals surface area contributed by atoms with Crippen molar-refractivity contribution >= 4 is 22.6 Å². The maximum atomic E-state index is 15.2. The average Bonchev–Trinajstić information content (AvgIpc) is 3.47. The standard InChI is InChI=1S/C20H22FN3O3/c21-14-8-12-17(24(10-3-4-10)9-13(19(12)25)20(26)27)11-5-6-16-15(22)2-1-7-23(16)18(11)14/h8-10,15-16H,1-7,22H2,(H,26,27). The molecule has 0 radical (unpaired) electrons. The summed E-state index contributed by atoms with van der Waals surface area (Å²) in [6, 6.07) is 1.58. The molecular weight excluding hydrogens is 349 g/mol. The van der Waals surface area contributed by atoms with Crippen LogP contribution in [0, 0.1) is 5.82 Å². The highest BCUT2D eigenvalue weighted by Crippen LogP contribution is 2.43. The molecule has 3 heterocycles. The van der Waals surface area contributed by atoms with Crippen LogP contribution in [0.4, 0.5) is 10.1 Å². The van der Waals surface area contributed by atoms with Crippen molar-refractivity contribution in [1.29, 1.82) is 0 Å². The fourth-order valence-corrected chi connectivity index (χ4v) is 4.92. The molecule has 1 saturated heterocycles. The number of carboxylic acid groups (broad SMARTS) is 1. The summed E-state index contributed by atoms with van der Waals surface area (Å²) in [5, 5.41) is 9.59. The van der Waals surface area contributed by atoms with Gasteiger partial charge in [0.15, 0.2) is 0 Å². The van der Waals surface area contributed by atoms with Crippen LogP contribution in [-0.4, -0.2) is 34.3 Å². The Kier molecular flexibility index (Phi) is 3.59. The number of nitrogens with zero attached hydrogens (tertiary/aromatic N) is 2. The topological polar surface area (TPSA) is 88.6 Å². The van der Waals surface area contributed by atoms with Gasteiger partial charge in [-0.05, 0) is 44.6 Å². The van der Waals surface area contributed by atoms with E-state index in [4.69, 9.17) is 5.73 Å². The molecule has 0 spiro atoms. The van der Waals surface area contributed by atoms with Crippen LogP contribution in [0.25, 0.3) is 10.9 Å². The number of carbonyl (C=O) groups is 1. The first kappa shape index (κ1) is 16.7. The molecule has 2 aromatic rings. The summed E-state index contributed by atoms with van der Waals surface area (Å²) in [7, 11) is 0. The smallest absolute Gasteiger partial charge is 0.341 e. The van der Waals surface area contributed by atoms with E-state index in [0.29, 0.717) is 17.6 Å². The van der Waals surface area contributed by atoms with Gasteiger partial charge in [-0.2, -0.15) is 0 Å². The summed E-state index contributed by atoms with van der Waals surface area (Å²) in [5.41, 5.74) is 7.50. The third-order valence-corrected chi connectivity index (χ3v) is 6.32. The Labute approximate surface area is 155 Å². The predicted molar refractivity (Wildman–Crippen MR) is 100 cm³/mol. The van der Waals surface area contributed by atoms with Gasteiger partial charge in [-0.25, -0.2) is 9.18 Å². The number of hydrogen-bond donors (Lipinski definition) is 2. The number of aryl methyl sites for hydroxylation is 1. The number of pyridine rings is 1. The zero-order chi connectivity index (χ0) is 18.9. The van der Waals surface area contributed by atoms with Crippen molar-refractivity contribution in [3.63, 3.8) is 0 Å². The molecule has 1 saturated carbocycles. The lowest BCUT2D eigenvalue weighted by atomic mass is 9.85. The Morgan fingerprint density at radius 1 is 1.26 bits per heavy atom. The van der Waals surface area contributed by atoms with Crippen molar-refractivity contribution in [3.8, 4) is 0 Å². The number of halogens is 1. The van der Waals surface area contributed by atoms with Crippen molar-refractivity contribution in [3.05, 3.63) is 39.4 Å². The molecule has 142 valence electrons. The molecular formula is C20H22FN3O3. The van der Waals surface area contributed by atoms with Crippen molar-refractivity contribution < 1.29 is 14.3 Å². The quantitative estimate of drug-likeness (QED) is 0.846. The van der Waals surface area contributed by atoms with Crippen LogP contribution in [-0.2, 0) is 6.42 Å². The Hall–Kier alpha value is -2.41.